The summed E-state index contributed by atoms with van der Waals surface area (Å²) in [5, 5.41) is 9.03. The summed E-state index contributed by atoms with van der Waals surface area (Å²) in [6.45, 7) is 9.54. The zero-order valence-electron chi connectivity index (χ0n) is 15.5. The Bertz CT molecular complexity index is 683. The largest absolute Gasteiger partial charge is 0.492 e. The van der Waals surface area contributed by atoms with Gasteiger partial charge in [0, 0.05) is 38.3 Å². The predicted molar refractivity (Wildman–Crippen MR) is 96.3 cm³/mol. The van der Waals surface area contributed by atoms with Crippen LogP contribution in [0.1, 0.15) is 36.7 Å². The van der Waals surface area contributed by atoms with Crippen LogP contribution in [-0.4, -0.2) is 67.1 Å². The van der Waals surface area contributed by atoms with E-state index in [2.05, 4.69) is 4.90 Å². The number of nitriles is 1. The van der Waals surface area contributed by atoms with Crippen molar-refractivity contribution in [1.82, 2.24) is 9.80 Å². The third kappa shape index (κ3) is 5.74. The molecule has 0 N–H and O–H groups in total. The molecule has 0 radical (unpaired) electrons. The number of benzene rings is 1. The Morgan fingerprint density at radius 1 is 1.27 bits per heavy atom. The van der Waals surface area contributed by atoms with Gasteiger partial charge in [-0.2, -0.15) is 5.26 Å². The maximum absolute atomic E-state index is 12.0. The van der Waals surface area contributed by atoms with Crippen LogP contribution in [0.25, 0.3) is 0 Å². The lowest BCUT2D eigenvalue weighted by atomic mass is 10.1. The fourth-order valence-electron chi connectivity index (χ4n) is 2.60. The van der Waals surface area contributed by atoms with Crippen LogP contribution in [0.2, 0.25) is 0 Å². The van der Waals surface area contributed by atoms with Crippen LogP contribution in [-0.2, 0) is 4.74 Å². The Morgan fingerprint density at radius 2 is 1.96 bits per heavy atom. The lowest BCUT2D eigenvalue weighted by molar-refractivity contribution is 0.0137. The molecule has 1 aromatic rings. The van der Waals surface area contributed by atoms with Gasteiger partial charge in [-0.15, -0.1) is 0 Å². The number of nitrogens with zero attached hydrogens (tertiary/aromatic N) is 3. The summed E-state index contributed by atoms with van der Waals surface area (Å²) >= 11 is 0. The molecule has 0 atom stereocenters. The van der Waals surface area contributed by atoms with Crippen LogP contribution in [0.3, 0.4) is 0 Å². The van der Waals surface area contributed by atoms with Crippen molar-refractivity contribution in [3.05, 3.63) is 29.3 Å². The molecule has 0 aromatic heterocycles. The summed E-state index contributed by atoms with van der Waals surface area (Å²) < 4.78 is 11.1. The average Bonchev–Trinajstić information content (AvgIpc) is 2.60. The number of carbonyl (C=O) groups is 2. The lowest BCUT2D eigenvalue weighted by Crippen LogP contribution is -2.50. The van der Waals surface area contributed by atoms with Gasteiger partial charge in [-0.3, -0.25) is 9.69 Å². The first kappa shape index (κ1) is 19.7. The zero-order chi connectivity index (χ0) is 19.2. The quantitative estimate of drug-likeness (QED) is 0.750. The second-order valence-electron chi connectivity index (χ2n) is 7.14. The van der Waals surface area contributed by atoms with Gasteiger partial charge in [0.05, 0.1) is 5.56 Å². The van der Waals surface area contributed by atoms with Crippen molar-refractivity contribution in [2.75, 3.05) is 39.3 Å². The molecule has 2 rings (SSSR count). The topological polar surface area (TPSA) is 82.9 Å². The van der Waals surface area contributed by atoms with Crippen molar-refractivity contribution >= 4 is 12.4 Å². The van der Waals surface area contributed by atoms with E-state index in [-0.39, 0.29) is 6.09 Å². The number of aldehydes is 1. The Labute approximate surface area is 154 Å². The second kappa shape index (κ2) is 8.68. The minimum atomic E-state index is -0.482. The van der Waals surface area contributed by atoms with E-state index in [0.29, 0.717) is 42.9 Å². The minimum absolute atomic E-state index is 0.271. The Hall–Kier alpha value is -2.59. The third-order valence-electron chi connectivity index (χ3n) is 3.97. The van der Waals surface area contributed by atoms with Crippen molar-refractivity contribution in [3.8, 4) is 11.8 Å². The van der Waals surface area contributed by atoms with Gasteiger partial charge in [-0.1, -0.05) is 0 Å². The van der Waals surface area contributed by atoms with Gasteiger partial charge in [-0.25, -0.2) is 4.79 Å². The molecule has 1 aliphatic heterocycles. The average molecular weight is 359 g/mol. The molecule has 140 valence electrons. The molecular formula is C19H25N3O4. The summed E-state index contributed by atoms with van der Waals surface area (Å²) in [7, 11) is 0. The van der Waals surface area contributed by atoms with E-state index in [1.54, 1.807) is 23.1 Å². The molecule has 1 fully saturated rings. The van der Waals surface area contributed by atoms with E-state index in [9.17, 15) is 9.59 Å². The molecule has 0 unspecified atom stereocenters. The highest BCUT2D eigenvalue weighted by molar-refractivity contribution is 5.79. The summed E-state index contributed by atoms with van der Waals surface area (Å²) in [4.78, 5) is 26.8. The monoisotopic (exact) mass is 359 g/mol. The molecular weight excluding hydrogens is 334 g/mol. The van der Waals surface area contributed by atoms with Gasteiger partial charge in [0.15, 0.2) is 6.29 Å². The van der Waals surface area contributed by atoms with E-state index < -0.39 is 5.60 Å². The fraction of sp³-hybridized carbons (Fsp3) is 0.526. The summed E-state index contributed by atoms with van der Waals surface area (Å²) in [5.41, 5.74) is 0.186. The minimum Gasteiger partial charge on any atom is -0.492 e. The summed E-state index contributed by atoms with van der Waals surface area (Å²) in [5.74, 6) is 0.569. The van der Waals surface area contributed by atoms with Gasteiger partial charge < -0.3 is 14.4 Å². The highest BCUT2D eigenvalue weighted by atomic mass is 16.6. The molecule has 1 aromatic carbocycles. The van der Waals surface area contributed by atoms with Crippen molar-refractivity contribution in [3.63, 3.8) is 0 Å². The highest BCUT2D eigenvalue weighted by Gasteiger charge is 2.25. The van der Waals surface area contributed by atoms with Crippen LogP contribution >= 0.6 is 0 Å². The predicted octanol–water partition coefficient (Wildman–Crippen LogP) is 2.30. The van der Waals surface area contributed by atoms with Crippen molar-refractivity contribution in [2.24, 2.45) is 0 Å². The molecule has 1 aliphatic rings. The van der Waals surface area contributed by atoms with Gasteiger partial charge in [0.1, 0.15) is 24.0 Å². The number of carbonyl (C=O) groups excluding carboxylic acids is 2. The number of piperazine rings is 1. The van der Waals surface area contributed by atoms with Gasteiger partial charge in [0.2, 0.25) is 0 Å². The zero-order valence-corrected chi connectivity index (χ0v) is 15.5. The first-order valence-electron chi connectivity index (χ1n) is 8.65. The van der Waals surface area contributed by atoms with Crippen LogP contribution in [0, 0.1) is 11.3 Å². The molecule has 0 saturated carbocycles. The molecule has 7 nitrogen and oxygen atoms in total. The first-order valence-corrected chi connectivity index (χ1v) is 8.65. The molecule has 1 heterocycles. The van der Waals surface area contributed by atoms with Crippen LogP contribution in [0.5, 0.6) is 5.75 Å². The Morgan fingerprint density at radius 3 is 2.54 bits per heavy atom. The first-order chi connectivity index (χ1) is 12.3. The number of amides is 1. The van der Waals surface area contributed by atoms with Crippen LogP contribution in [0.15, 0.2) is 18.2 Å². The van der Waals surface area contributed by atoms with E-state index in [1.807, 2.05) is 26.8 Å². The van der Waals surface area contributed by atoms with E-state index >= 15 is 0 Å². The number of rotatable bonds is 5. The van der Waals surface area contributed by atoms with Gasteiger partial charge in [0.25, 0.3) is 0 Å². The number of hydrogen-bond donors (Lipinski definition) is 0. The van der Waals surface area contributed by atoms with Crippen molar-refractivity contribution < 1.29 is 19.1 Å². The number of hydrogen-bond acceptors (Lipinski definition) is 6. The van der Waals surface area contributed by atoms with E-state index in [1.165, 1.54) is 0 Å². The molecule has 1 saturated heterocycles. The highest BCUT2D eigenvalue weighted by Crippen LogP contribution is 2.16. The third-order valence-corrected chi connectivity index (χ3v) is 3.97. The van der Waals surface area contributed by atoms with Crippen molar-refractivity contribution in [2.45, 2.75) is 26.4 Å². The van der Waals surface area contributed by atoms with E-state index in [0.717, 1.165) is 19.6 Å². The molecule has 0 bridgehead atoms. The second-order valence-corrected chi connectivity index (χ2v) is 7.14. The fourth-order valence-corrected chi connectivity index (χ4v) is 2.60. The number of ether oxygens (including phenoxy) is 2. The Balaban J connectivity index is 1.75. The molecule has 0 spiro atoms. The summed E-state index contributed by atoms with van der Waals surface area (Å²) in [6.07, 6.45) is 0.389. The van der Waals surface area contributed by atoms with Gasteiger partial charge in [-0.05, 0) is 39.0 Å². The van der Waals surface area contributed by atoms with E-state index in [4.69, 9.17) is 14.7 Å². The van der Waals surface area contributed by atoms with Gasteiger partial charge >= 0.3 is 6.09 Å². The lowest BCUT2D eigenvalue weighted by Gasteiger charge is -2.35. The molecule has 26 heavy (non-hydrogen) atoms. The normalized spacial score (nSPS) is 15.2. The van der Waals surface area contributed by atoms with Crippen LogP contribution in [0.4, 0.5) is 4.79 Å². The Kier molecular flexibility index (Phi) is 6.58. The molecule has 0 aliphatic carbocycles. The SMILES string of the molecule is CC(C)(C)OC(=O)N1CCN(CCOc2ccc(C=O)c(C#N)c2)CC1. The van der Waals surface area contributed by atoms with Crippen molar-refractivity contribution in [1.29, 1.82) is 5.26 Å². The smallest absolute Gasteiger partial charge is 0.410 e. The summed E-state index contributed by atoms with van der Waals surface area (Å²) in [6, 6.07) is 6.83. The van der Waals surface area contributed by atoms with Crippen LogP contribution < -0.4 is 4.74 Å². The standard InChI is InChI=1S/C19H25N3O4/c1-19(2,3)26-18(24)22-8-6-21(7-9-22)10-11-25-17-5-4-15(14-23)16(12-17)13-20/h4-5,12,14H,6-11H2,1-3H3. The molecule has 7 heteroatoms. The maximum atomic E-state index is 12.0. The maximum Gasteiger partial charge on any atom is 0.410 e. The molecule has 1 amide bonds.